The summed E-state index contributed by atoms with van der Waals surface area (Å²) in [6.07, 6.45) is 1.69. The molecule has 9 heteroatoms. The highest BCUT2D eigenvalue weighted by Crippen LogP contribution is 2.18. The monoisotopic (exact) mass is 410 g/mol. The number of thiophene rings is 1. The lowest BCUT2D eigenvalue weighted by Gasteiger charge is -2.12. The van der Waals surface area contributed by atoms with E-state index in [1.54, 1.807) is 17.4 Å². The number of aryl methyl sites for hydroxylation is 1. The lowest BCUT2D eigenvalue weighted by Crippen LogP contribution is -2.23. The van der Waals surface area contributed by atoms with Crippen LogP contribution in [0.1, 0.15) is 17.7 Å². The molecule has 0 unspecified atom stereocenters. The van der Waals surface area contributed by atoms with Gasteiger partial charge in [-0.2, -0.15) is 0 Å². The second kappa shape index (κ2) is 9.63. The van der Waals surface area contributed by atoms with Crippen molar-refractivity contribution in [3.63, 3.8) is 0 Å². The number of ether oxygens (including phenoxy) is 1. The van der Waals surface area contributed by atoms with E-state index in [0.717, 1.165) is 10.7 Å². The number of esters is 1. The topological polar surface area (TPSA) is 92.8 Å². The van der Waals surface area contributed by atoms with E-state index in [-0.39, 0.29) is 11.3 Å². The van der Waals surface area contributed by atoms with Crippen molar-refractivity contribution in [2.75, 3.05) is 26.0 Å². The zero-order valence-corrected chi connectivity index (χ0v) is 16.8. The molecular formula is C18H22N2O5S2. The maximum Gasteiger partial charge on any atom is 0.306 e. The Morgan fingerprint density at radius 2 is 1.96 bits per heavy atom. The van der Waals surface area contributed by atoms with E-state index in [4.69, 9.17) is 4.74 Å². The second-order valence-corrected chi connectivity index (χ2v) is 9.14. The number of anilines is 1. The number of hydrogen-bond donors (Lipinski definition) is 1. The average molecular weight is 411 g/mol. The largest absolute Gasteiger partial charge is 0.456 e. The second-order valence-electron chi connectivity index (χ2n) is 5.96. The van der Waals surface area contributed by atoms with Crippen LogP contribution in [0, 0.1) is 0 Å². The number of rotatable bonds is 9. The van der Waals surface area contributed by atoms with Crippen LogP contribution < -0.4 is 5.32 Å². The van der Waals surface area contributed by atoms with Gasteiger partial charge in [0.1, 0.15) is 0 Å². The van der Waals surface area contributed by atoms with E-state index in [1.807, 2.05) is 17.5 Å². The Bertz CT molecular complexity index is 877. The van der Waals surface area contributed by atoms with Gasteiger partial charge in [0.25, 0.3) is 5.91 Å². The summed E-state index contributed by atoms with van der Waals surface area (Å²) in [4.78, 5) is 24.9. The van der Waals surface area contributed by atoms with Gasteiger partial charge in [-0.15, -0.1) is 11.3 Å². The van der Waals surface area contributed by atoms with Crippen molar-refractivity contribution < 1.29 is 22.7 Å². The van der Waals surface area contributed by atoms with Crippen LogP contribution in [-0.2, 0) is 30.8 Å². The van der Waals surface area contributed by atoms with E-state index >= 15 is 0 Å². The number of carbonyl (C=O) groups is 2. The summed E-state index contributed by atoms with van der Waals surface area (Å²) in [6.45, 7) is -0.414. The lowest BCUT2D eigenvalue weighted by molar-refractivity contribution is -0.147. The fourth-order valence-corrected chi connectivity index (χ4v) is 3.92. The molecule has 1 aromatic heterocycles. The number of amides is 1. The predicted molar refractivity (Wildman–Crippen MR) is 104 cm³/mol. The van der Waals surface area contributed by atoms with Gasteiger partial charge < -0.3 is 10.1 Å². The van der Waals surface area contributed by atoms with Crippen molar-refractivity contribution >= 4 is 38.9 Å². The van der Waals surface area contributed by atoms with Gasteiger partial charge in [0, 0.05) is 31.1 Å². The fourth-order valence-electron chi connectivity index (χ4n) is 2.22. The van der Waals surface area contributed by atoms with Crippen LogP contribution in [-0.4, -0.2) is 45.3 Å². The molecule has 27 heavy (non-hydrogen) atoms. The molecule has 0 aliphatic carbocycles. The Morgan fingerprint density at radius 1 is 1.19 bits per heavy atom. The Labute approximate surface area is 163 Å². The molecule has 0 spiro atoms. The third kappa shape index (κ3) is 6.46. The molecule has 0 aliphatic rings. The number of carbonyl (C=O) groups excluding carboxylic acids is 2. The first-order valence-electron chi connectivity index (χ1n) is 8.29. The van der Waals surface area contributed by atoms with Crippen LogP contribution in [0.15, 0.2) is 46.7 Å². The van der Waals surface area contributed by atoms with Gasteiger partial charge in [-0.1, -0.05) is 12.1 Å². The molecule has 0 saturated heterocycles. The van der Waals surface area contributed by atoms with Crippen LogP contribution in [0.4, 0.5) is 5.69 Å². The fraction of sp³-hybridized carbons (Fsp3) is 0.333. The first-order valence-corrected chi connectivity index (χ1v) is 10.6. The molecule has 0 fully saturated rings. The van der Waals surface area contributed by atoms with Crippen molar-refractivity contribution in [1.29, 1.82) is 0 Å². The van der Waals surface area contributed by atoms with Gasteiger partial charge >= 0.3 is 5.97 Å². The third-order valence-electron chi connectivity index (χ3n) is 3.64. The summed E-state index contributed by atoms with van der Waals surface area (Å²) in [5.74, 6) is -0.966. The quantitative estimate of drug-likeness (QED) is 0.641. The normalized spacial score (nSPS) is 11.4. The first kappa shape index (κ1) is 21.1. The molecule has 1 aromatic carbocycles. The van der Waals surface area contributed by atoms with Crippen LogP contribution in [0.25, 0.3) is 0 Å². The first-order chi connectivity index (χ1) is 12.8. The molecule has 0 radical (unpaired) electrons. The summed E-state index contributed by atoms with van der Waals surface area (Å²) in [5.41, 5.74) is 0.316. The van der Waals surface area contributed by atoms with Gasteiger partial charge in [-0.25, -0.2) is 12.7 Å². The minimum absolute atomic E-state index is 0.0656. The van der Waals surface area contributed by atoms with Crippen molar-refractivity contribution in [1.82, 2.24) is 4.31 Å². The Kier molecular flexibility index (Phi) is 7.52. The van der Waals surface area contributed by atoms with Crippen molar-refractivity contribution in [3.8, 4) is 0 Å². The van der Waals surface area contributed by atoms with E-state index in [1.165, 1.54) is 37.2 Å². The number of hydrogen-bond acceptors (Lipinski definition) is 6. The van der Waals surface area contributed by atoms with E-state index in [0.29, 0.717) is 12.1 Å². The van der Waals surface area contributed by atoms with E-state index in [2.05, 4.69) is 5.32 Å². The molecule has 0 bridgehead atoms. The average Bonchev–Trinajstić information content (AvgIpc) is 3.13. The third-order valence-corrected chi connectivity index (χ3v) is 6.39. The molecule has 0 aliphatic heterocycles. The molecule has 1 N–H and O–H groups in total. The highest BCUT2D eigenvalue weighted by molar-refractivity contribution is 7.89. The SMILES string of the molecule is CN(C)S(=O)(=O)c1cccc(NC(=O)COC(=O)CCCc2cccs2)c1. The standard InChI is InChI=1S/C18H22N2O5S2/c1-20(2)27(23,24)16-9-3-6-14(12-16)19-17(21)13-25-18(22)10-4-7-15-8-5-11-26-15/h3,5-6,8-9,11-12H,4,7,10,13H2,1-2H3,(H,19,21). The number of benzene rings is 1. The number of nitrogens with zero attached hydrogens (tertiary/aromatic N) is 1. The van der Waals surface area contributed by atoms with Crippen LogP contribution in [0.3, 0.4) is 0 Å². The van der Waals surface area contributed by atoms with Crippen LogP contribution in [0.2, 0.25) is 0 Å². The summed E-state index contributed by atoms with van der Waals surface area (Å²) in [6, 6.07) is 9.86. The molecule has 2 aromatic rings. The Hall–Kier alpha value is -2.23. The van der Waals surface area contributed by atoms with Gasteiger partial charge in [-0.3, -0.25) is 9.59 Å². The molecule has 0 atom stereocenters. The summed E-state index contributed by atoms with van der Waals surface area (Å²) in [7, 11) is -0.734. The zero-order chi connectivity index (χ0) is 19.9. The molecule has 1 heterocycles. The van der Waals surface area contributed by atoms with Crippen LogP contribution >= 0.6 is 11.3 Å². The summed E-state index contributed by atoms with van der Waals surface area (Å²) in [5, 5.41) is 4.51. The van der Waals surface area contributed by atoms with Gasteiger partial charge in [0.15, 0.2) is 6.61 Å². The van der Waals surface area contributed by atoms with Crippen molar-refractivity contribution in [2.45, 2.75) is 24.2 Å². The maximum atomic E-state index is 12.1. The minimum atomic E-state index is -3.59. The predicted octanol–water partition coefficient (Wildman–Crippen LogP) is 2.50. The maximum absolute atomic E-state index is 12.1. The summed E-state index contributed by atoms with van der Waals surface area (Å²) >= 11 is 1.64. The van der Waals surface area contributed by atoms with E-state index < -0.39 is 28.5 Å². The molecule has 1 amide bonds. The molecule has 0 saturated carbocycles. The van der Waals surface area contributed by atoms with Crippen LogP contribution in [0.5, 0.6) is 0 Å². The zero-order valence-electron chi connectivity index (χ0n) is 15.2. The molecule has 7 nitrogen and oxygen atoms in total. The number of nitrogens with one attached hydrogen (secondary N) is 1. The smallest absolute Gasteiger partial charge is 0.306 e. The Morgan fingerprint density at radius 3 is 2.63 bits per heavy atom. The number of sulfonamides is 1. The Balaban J connectivity index is 1.79. The molecule has 146 valence electrons. The van der Waals surface area contributed by atoms with Gasteiger partial charge in [-0.05, 0) is 42.5 Å². The van der Waals surface area contributed by atoms with Gasteiger partial charge in [0.2, 0.25) is 10.0 Å². The summed E-state index contributed by atoms with van der Waals surface area (Å²) < 4.78 is 30.3. The highest BCUT2D eigenvalue weighted by Gasteiger charge is 2.17. The van der Waals surface area contributed by atoms with E-state index in [9.17, 15) is 18.0 Å². The lowest BCUT2D eigenvalue weighted by atomic mass is 10.2. The van der Waals surface area contributed by atoms with Crippen molar-refractivity contribution in [3.05, 3.63) is 46.7 Å². The molecule has 2 rings (SSSR count). The molecular weight excluding hydrogens is 388 g/mol. The highest BCUT2D eigenvalue weighted by atomic mass is 32.2. The minimum Gasteiger partial charge on any atom is -0.456 e. The van der Waals surface area contributed by atoms with Gasteiger partial charge in [0.05, 0.1) is 4.90 Å². The van der Waals surface area contributed by atoms with Crippen molar-refractivity contribution in [2.24, 2.45) is 0 Å².